The standard InChI is InChI=1S/C16H34N2/c1-13(2)9-11-18(12-10-14(3)4)16-8-6-7-15(16)17-5/h13-17H,6-12H2,1-5H3. The fraction of sp³-hybridized carbons (Fsp3) is 1.00. The molecule has 0 aliphatic heterocycles. The average Bonchev–Trinajstić information content (AvgIpc) is 2.76. The van der Waals surface area contributed by atoms with Crippen LogP contribution in [0.25, 0.3) is 0 Å². The van der Waals surface area contributed by atoms with E-state index < -0.39 is 0 Å². The number of likely N-dealkylation sites (N-methyl/N-ethyl adjacent to an activating group) is 1. The lowest BCUT2D eigenvalue weighted by molar-refractivity contribution is 0.158. The molecule has 0 saturated heterocycles. The van der Waals surface area contributed by atoms with Gasteiger partial charge in [0.05, 0.1) is 0 Å². The van der Waals surface area contributed by atoms with Gasteiger partial charge in [-0.05, 0) is 57.7 Å². The predicted molar refractivity (Wildman–Crippen MR) is 81.0 cm³/mol. The highest BCUT2D eigenvalue weighted by Gasteiger charge is 2.30. The predicted octanol–water partition coefficient (Wildman–Crippen LogP) is 3.52. The van der Waals surface area contributed by atoms with Gasteiger partial charge in [0.1, 0.15) is 0 Å². The van der Waals surface area contributed by atoms with Gasteiger partial charge in [0.15, 0.2) is 0 Å². The third-order valence-corrected chi connectivity index (χ3v) is 4.31. The van der Waals surface area contributed by atoms with Crippen molar-refractivity contribution in [3.63, 3.8) is 0 Å². The van der Waals surface area contributed by atoms with E-state index in [1.807, 2.05) is 0 Å². The second-order valence-corrected chi connectivity index (χ2v) is 6.79. The molecule has 0 aromatic rings. The van der Waals surface area contributed by atoms with Crippen molar-refractivity contribution in [2.75, 3.05) is 20.1 Å². The molecule has 108 valence electrons. The normalized spacial score (nSPS) is 24.7. The van der Waals surface area contributed by atoms with Crippen molar-refractivity contribution >= 4 is 0 Å². The molecule has 1 fully saturated rings. The van der Waals surface area contributed by atoms with Gasteiger partial charge in [-0.1, -0.05) is 34.1 Å². The monoisotopic (exact) mass is 254 g/mol. The summed E-state index contributed by atoms with van der Waals surface area (Å²) in [5.41, 5.74) is 0. The first kappa shape index (κ1) is 16.0. The van der Waals surface area contributed by atoms with Gasteiger partial charge in [0.25, 0.3) is 0 Å². The van der Waals surface area contributed by atoms with Crippen LogP contribution in [-0.2, 0) is 0 Å². The largest absolute Gasteiger partial charge is 0.315 e. The zero-order valence-corrected chi connectivity index (χ0v) is 13.2. The summed E-state index contributed by atoms with van der Waals surface area (Å²) >= 11 is 0. The van der Waals surface area contributed by atoms with E-state index in [1.54, 1.807) is 0 Å². The molecule has 1 saturated carbocycles. The van der Waals surface area contributed by atoms with Crippen molar-refractivity contribution in [2.45, 2.75) is 71.9 Å². The van der Waals surface area contributed by atoms with E-state index in [0.29, 0.717) is 0 Å². The Hall–Kier alpha value is -0.0800. The zero-order chi connectivity index (χ0) is 13.5. The van der Waals surface area contributed by atoms with Crippen LogP contribution < -0.4 is 5.32 Å². The summed E-state index contributed by atoms with van der Waals surface area (Å²) < 4.78 is 0. The Morgan fingerprint density at radius 3 is 2.00 bits per heavy atom. The van der Waals surface area contributed by atoms with Crippen LogP contribution in [0, 0.1) is 11.8 Å². The lowest BCUT2D eigenvalue weighted by Gasteiger charge is -2.34. The summed E-state index contributed by atoms with van der Waals surface area (Å²) in [6.45, 7) is 11.9. The van der Waals surface area contributed by atoms with Crippen LogP contribution in [0.4, 0.5) is 0 Å². The van der Waals surface area contributed by atoms with E-state index in [-0.39, 0.29) is 0 Å². The number of hydrogen-bond acceptors (Lipinski definition) is 2. The molecule has 0 aromatic heterocycles. The van der Waals surface area contributed by atoms with Crippen LogP contribution in [0.1, 0.15) is 59.8 Å². The second-order valence-electron chi connectivity index (χ2n) is 6.79. The van der Waals surface area contributed by atoms with Crippen LogP contribution in [0.5, 0.6) is 0 Å². The van der Waals surface area contributed by atoms with Crippen LogP contribution >= 0.6 is 0 Å². The maximum Gasteiger partial charge on any atom is 0.0249 e. The van der Waals surface area contributed by atoms with Crippen molar-refractivity contribution in [1.82, 2.24) is 10.2 Å². The van der Waals surface area contributed by atoms with E-state index >= 15 is 0 Å². The molecule has 0 heterocycles. The Morgan fingerprint density at radius 2 is 1.56 bits per heavy atom. The Labute approximate surface area is 115 Å². The molecular weight excluding hydrogens is 220 g/mol. The van der Waals surface area contributed by atoms with Crippen molar-refractivity contribution in [2.24, 2.45) is 11.8 Å². The highest BCUT2D eigenvalue weighted by molar-refractivity contribution is 4.89. The average molecular weight is 254 g/mol. The minimum atomic E-state index is 0.726. The Kier molecular flexibility index (Phi) is 7.25. The molecule has 1 aliphatic rings. The first-order valence-electron chi connectivity index (χ1n) is 7.96. The zero-order valence-electron chi connectivity index (χ0n) is 13.2. The smallest absolute Gasteiger partial charge is 0.0249 e. The highest BCUT2D eigenvalue weighted by Crippen LogP contribution is 2.25. The third kappa shape index (κ3) is 5.27. The second kappa shape index (κ2) is 8.16. The quantitative estimate of drug-likeness (QED) is 0.713. The van der Waals surface area contributed by atoms with Crippen LogP contribution in [0.3, 0.4) is 0 Å². The molecular formula is C16H34N2. The Morgan fingerprint density at radius 1 is 1.00 bits per heavy atom. The third-order valence-electron chi connectivity index (χ3n) is 4.31. The fourth-order valence-corrected chi connectivity index (χ4v) is 3.01. The molecule has 1 aliphatic carbocycles. The van der Waals surface area contributed by atoms with E-state index in [2.05, 4.69) is 45.0 Å². The van der Waals surface area contributed by atoms with Gasteiger partial charge < -0.3 is 5.32 Å². The molecule has 0 radical (unpaired) electrons. The number of nitrogens with zero attached hydrogens (tertiary/aromatic N) is 1. The molecule has 0 amide bonds. The maximum atomic E-state index is 3.53. The first-order valence-corrected chi connectivity index (χ1v) is 7.96. The van der Waals surface area contributed by atoms with Gasteiger partial charge in [-0.25, -0.2) is 0 Å². The van der Waals surface area contributed by atoms with Crippen LogP contribution in [-0.4, -0.2) is 37.1 Å². The lowest BCUT2D eigenvalue weighted by Crippen LogP contribution is -2.47. The van der Waals surface area contributed by atoms with E-state index in [0.717, 1.165) is 23.9 Å². The molecule has 2 unspecified atom stereocenters. The van der Waals surface area contributed by atoms with Crippen molar-refractivity contribution in [3.8, 4) is 0 Å². The number of rotatable bonds is 8. The lowest BCUT2D eigenvalue weighted by atomic mass is 10.0. The van der Waals surface area contributed by atoms with Gasteiger partial charge in [-0.15, -0.1) is 0 Å². The van der Waals surface area contributed by atoms with E-state index in [9.17, 15) is 0 Å². The molecule has 0 bridgehead atoms. The number of nitrogens with one attached hydrogen (secondary N) is 1. The SMILES string of the molecule is CNC1CCCC1N(CCC(C)C)CCC(C)C. The topological polar surface area (TPSA) is 15.3 Å². The molecule has 0 spiro atoms. The van der Waals surface area contributed by atoms with E-state index in [4.69, 9.17) is 0 Å². The molecule has 1 N–H and O–H groups in total. The molecule has 2 nitrogen and oxygen atoms in total. The van der Waals surface area contributed by atoms with Gasteiger partial charge in [0.2, 0.25) is 0 Å². The van der Waals surface area contributed by atoms with Gasteiger partial charge >= 0.3 is 0 Å². The summed E-state index contributed by atoms with van der Waals surface area (Å²) in [6.07, 6.45) is 6.83. The van der Waals surface area contributed by atoms with E-state index in [1.165, 1.54) is 45.2 Å². The minimum Gasteiger partial charge on any atom is -0.315 e. The van der Waals surface area contributed by atoms with Crippen LogP contribution in [0.2, 0.25) is 0 Å². The fourth-order valence-electron chi connectivity index (χ4n) is 3.01. The summed E-state index contributed by atoms with van der Waals surface area (Å²) in [7, 11) is 2.13. The van der Waals surface area contributed by atoms with Crippen molar-refractivity contribution < 1.29 is 0 Å². The minimum absolute atomic E-state index is 0.726. The molecule has 18 heavy (non-hydrogen) atoms. The van der Waals surface area contributed by atoms with Crippen LogP contribution in [0.15, 0.2) is 0 Å². The molecule has 0 aromatic carbocycles. The summed E-state index contributed by atoms with van der Waals surface area (Å²) in [5, 5.41) is 3.53. The van der Waals surface area contributed by atoms with Gasteiger partial charge in [-0.2, -0.15) is 0 Å². The van der Waals surface area contributed by atoms with Crippen molar-refractivity contribution in [1.29, 1.82) is 0 Å². The summed E-state index contributed by atoms with van der Waals surface area (Å²) in [5.74, 6) is 1.64. The first-order chi connectivity index (χ1) is 8.54. The molecule has 2 atom stereocenters. The van der Waals surface area contributed by atoms with Gasteiger partial charge in [-0.3, -0.25) is 4.90 Å². The molecule has 2 heteroatoms. The Bertz CT molecular complexity index is 201. The summed E-state index contributed by atoms with van der Waals surface area (Å²) in [6, 6.07) is 1.51. The highest BCUT2D eigenvalue weighted by atomic mass is 15.2. The summed E-state index contributed by atoms with van der Waals surface area (Å²) in [4.78, 5) is 2.77. The molecule has 1 rings (SSSR count). The van der Waals surface area contributed by atoms with Gasteiger partial charge in [0, 0.05) is 12.1 Å². The maximum absolute atomic E-state index is 3.53. The number of hydrogen-bond donors (Lipinski definition) is 1. The van der Waals surface area contributed by atoms with Crippen molar-refractivity contribution in [3.05, 3.63) is 0 Å². The Balaban J connectivity index is 2.51.